The quantitative estimate of drug-likeness (QED) is 0.648. The zero-order chi connectivity index (χ0) is 21.4. The van der Waals surface area contributed by atoms with Crippen LogP contribution in [0.5, 0.6) is 0 Å². The molecule has 3 rings (SSSR count). The summed E-state index contributed by atoms with van der Waals surface area (Å²) in [5.74, 6) is 0. The molecule has 0 atom stereocenters. The molecule has 154 valence electrons. The Morgan fingerprint density at radius 3 is 2.41 bits per heavy atom. The number of anilines is 2. The van der Waals surface area contributed by atoms with Crippen molar-refractivity contribution in [2.45, 2.75) is 18.0 Å². The lowest BCUT2D eigenvalue weighted by Gasteiger charge is -2.16. The van der Waals surface area contributed by atoms with Crippen molar-refractivity contribution >= 4 is 21.4 Å². The van der Waals surface area contributed by atoms with Crippen LogP contribution in [0.25, 0.3) is 11.3 Å². The van der Waals surface area contributed by atoms with Crippen LogP contribution in [0.15, 0.2) is 53.8 Å². The summed E-state index contributed by atoms with van der Waals surface area (Å²) in [5, 5.41) is 2.95. The molecule has 2 N–H and O–H groups in total. The molecule has 0 aliphatic carbocycles. The van der Waals surface area contributed by atoms with Crippen molar-refractivity contribution < 1.29 is 21.6 Å². The summed E-state index contributed by atoms with van der Waals surface area (Å²) in [4.78, 5) is 4.26. The van der Waals surface area contributed by atoms with Crippen molar-refractivity contribution in [2.75, 3.05) is 12.4 Å². The van der Waals surface area contributed by atoms with Gasteiger partial charge in [-0.15, -0.1) is 0 Å². The van der Waals surface area contributed by atoms with Gasteiger partial charge in [-0.3, -0.25) is 0 Å². The van der Waals surface area contributed by atoms with E-state index in [9.17, 15) is 21.6 Å². The topological polar surface area (TPSA) is 76.0 Å². The monoisotopic (exact) mass is 424 g/mol. The lowest BCUT2D eigenvalue weighted by molar-refractivity contribution is -0.138. The standard InChI is InChI=1S/C19H19F3N4O2S/c1-12-4-5-13(8-16(12)19(20,21)22)25-17-7-6-14(29(27,28)23-2)9-15(17)18-10-26(3)11-24-18/h4-11,23,25H,1-3H3. The Kier molecular flexibility index (Phi) is 5.42. The molecule has 0 bridgehead atoms. The molecular formula is C19H19F3N4O2S. The van der Waals surface area contributed by atoms with E-state index in [4.69, 9.17) is 0 Å². The molecule has 3 aromatic rings. The van der Waals surface area contributed by atoms with Crippen molar-refractivity contribution in [3.05, 3.63) is 60.0 Å². The largest absolute Gasteiger partial charge is 0.416 e. The van der Waals surface area contributed by atoms with Crippen molar-refractivity contribution in [2.24, 2.45) is 7.05 Å². The number of imidazole rings is 1. The van der Waals surface area contributed by atoms with Crippen LogP contribution in [0.2, 0.25) is 0 Å². The van der Waals surface area contributed by atoms with Crippen LogP contribution in [-0.2, 0) is 23.2 Å². The summed E-state index contributed by atoms with van der Waals surface area (Å²) in [5.41, 5.74) is 0.946. The Morgan fingerprint density at radius 1 is 1.10 bits per heavy atom. The third-order valence-electron chi connectivity index (χ3n) is 4.37. The second-order valence-electron chi connectivity index (χ2n) is 6.49. The number of alkyl halides is 3. The average molecular weight is 424 g/mol. The summed E-state index contributed by atoms with van der Waals surface area (Å²) in [6.07, 6.45) is -1.24. The van der Waals surface area contributed by atoms with E-state index in [1.807, 2.05) is 0 Å². The second-order valence-corrected chi connectivity index (χ2v) is 8.38. The van der Waals surface area contributed by atoms with E-state index < -0.39 is 21.8 Å². The van der Waals surface area contributed by atoms with Gasteiger partial charge in [0.1, 0.15) is 0 Å². The van der Waals surface area contributed by atoms with Gasteiger partial charge in [-0.2, -0.15) is 13.2 Å². The molecule has 0 aliphatic heterocycles. The molecule has 0 radical (unpaired) electrons. The van der Waals surface area contributed by atoms with E-state index in [1.54, 1.807) is 24.1 Å². The Balaban J connectivity index is 2.10. The highest BCUT2D eigenvalue weighted by molar-refractivity contribution is 7.89. The Hall–Kier alpha value is -2.85. The van der Waals surface area contributed by atoms with Crippen molar-refractivity contribution in [1.82, 2.24) is 14.3 Å². The third-order valence-corrected chi connectivity index (χ3v) is 5.78. The molecule has 0 aliphatic rings. The molecule has 2 aromatic carbocycles. The summed E-state index contributed by atoms with van der Waals surface area (Å²) in [6.45, 7) is 1.39. The highest BCUT2D eigenvalue weighted by atomic mass is 32.2. The Bertz CT molecular complexity index is 1150. The first kappa shape index (κ1) is 20.9. The Labute approximate surface area is 166 Å². The van der Waals surface area contributed by atoms with Crippen LogP contribution in [0, 0.1) is 6.92 Å². The summed E-state index contributed by atoms with van der Waals surface area (Å²) in [6, 6.07) is 8.24. The molecule has 0 saturated heterocycles. The number of nitrogens with zero attached hydrogens (tertiary/aromatic N) is 2. The van der Waals surface area contributed by atoms with Gasteiger partial charge in [0, 0.05) is 30.2 Å². The van der Waals surface area contributed by atoms with Crippen LogP contribution in [-0.4, -0.2) is 25.0 Å². The number of nitrogens with one attached hydrogen (secondary N) is 2. The molecule has 10 heteroatoms. The molecule has 6 nitrogen and oxygen atoms in total. The predicted molar refractivity (Wildman–Crippen MR) is 104 cm³/mol. The van der Waals surface area contributed by atoms with Crippen LogP contribution < -0.4 is 10.0 Å². The second kappa shape index (κ2) is 7.53. The number of hydrogen-bond donors (Lipinski definition) is 2. The minimum absolute atomic E-state index is 0.0195. The number of sulfonamides is 1. The summed E-state index contributed by atoms with van der Waals surface area (Å²) < 4.78 is 67.9. The molecule has 0 spiro atoms. The van der Waals surface area contributed by atoms with E-state index in [-0.39, 0.29) is 16.1 Å². The summed E-state index contributed by atoms with van der Waals surface area (Å²) >= 11 is 0. The van der Waals surface area contributed by atoms with E-state index >= 15 is 0 Å². The predicted octanol–water partition coefficient (Wildman–Crippen LogP) is 4.07. The number of rotatable bonds is 5. The molecule has 0 saturated carbocycles. The van der Waals surface area contributed by atoms with E-state index in [1.165, 1.54) is 44.3 Å². The maximum absolute atomic E-state index is 13.2. The number of halogens is 3. The maximum Gasteiger partial charge on any atom is 0.416 e. The fourth-order valence-corrected chi connectivity index (χ4v) is 3.60. The first-order valence-electron chi connectivity index (χ1n) is 8.52. The van der Waals surface area contributed by atoms with E-state index in [2.05, 4.69) is 15.0 Å². The van der Waals surface area contributed by atoms with Gasteiger partial charge in [-0.25, -0.2) is 18.1 Å². The molecule has 29 heavy (non-hydrogen) atoms. The van der Waals surface area contributed by atoms with Gasteiger partial charge in [-0.05, 0) is 49.9 Å². The molecular weight excluding hydrogens is 405 g/mol. The number of hydrogen-bond acceptors (Lipinski definition) is 4. The first-order valence-corrected chi connectivity index (χ1v) is 10.0. The van der Waals surface area contributed by atoms with Gasteiger partial charge in [0.05, 0.1) is 22.5 Å². The zero-order valence-corrected chi connectivity index (χ0v) is 16.7. The minimum atomic E-state index is -4.48. The van der Waals surface area contributed by atoms with Crippen LogP contribution >= 0.6 is 0 Å². The normalized spacial score (nSPS) is 12.2. The van der Waals surface area contributed by atoms with E-state index in [0.29, 0.717) is 16.9 Å². The Morgan fingerprint density at radius 2 is 1.83 bits per heavy atom. The highest BCUT2D eigenvalue weighted by Crippen LogP contribution is 2.36. The number of aromatic nitrogens is 2. The molecule has 0 amide bonds. The summed E-state index contributed by atoms with van der Waals surface area (Å²) in [7, 11) is -0.648. The van der Waals surface area contributed by atoms with Gasteiger partial charge < -0.3 is 9.88 Å². The fraction of sp³-hybridized carbons (Fsp3) is 0.211. The van der Waals surface area contributed by atoms with Gasteiger partial charge in [0.15, 0.2) is 0 Å². The highest BCUT2D eigenvalue weighted by Gasteiger charge is 2.32. The number of benzene rings is 2. The van der Waals surface area contributed by atoms with Gasteiger partial charge in [0.25, 0.3) is 0 Å². The number of aryl methyl sites for hydroxylation is 2. The fourth-order valence-electron chi connectivity index (χ4n) is 2.84. The van der Waals surface area contributed by atoms with Crippen LogP contribution in [0.3, 0.4) is 0 Å². The lowest BCUT2D eigenvalue weighted by Crippen LogP contribution is -2.18. The SMILES string of the molecule is CNS(=O)(=O)c1ccc(Nc2ccc(C)c(C(F)(F)F)c2)c(-c2cn(C)cn2)c1. The van der Waals surface area contributed by atoms with Crippen molar-refractivity contribution in [3.63, 3.8) is 0 Å². The maximum atomic E-state index is 13.2. The lowest BCUT2D eigenvalue weighted by atomic mass is 10.1. The molecule has 1 aromatic heterocycles. The van der Waals surface area contributed by atoms with Crippen molar-refractivity contribution in [1.29, 1.82) is 0 Å². The smallest absolute Gasteiger partial charge is 0.355 e. The zero-order valence-electron chi connectivity index (χ0n) is 15.9. The van der Waals surface area contributed by atoms with E-state index in [0.717, 1.165) is 6.07 Å². The van der Waals surface area contributed by atoms with Gasteiger partial charge in [-0.1, -0.05) is 6.07 Å². The first-order chi connectivity index (χ1) is 13.5. The van der Waals surface area contributed by atoms with Crippen LogP contribution in [0.4, 0.5) is 24.5 Å². The third kappa shape index (κ3) is 4.43. The molecule has 0 unspecified atom stereocenters. The van der Waals surface area contributed by atoms with Gasteiger partial charge in [0.2, 0.25) is 10.0 Å². The van der Waals surface area contributed by atoms with Crippen molar-refractivity contribution in [3.8, 4) is 11.3 Å². The molecule has 0 fully saturated rings. The van der Waals surface area contributed by atoms with Crippen LogP contribution in [0.1, 0.15) is 11.1 Å². The average Bonchev–Trinajstić information content (AvgIpc) is 3.08. The van der Waals surface area contributed by atoms with Gasteiger partial charge >= 0.3 is 6.18 Å². The molecule has 1 heterocycles. The minimum Gasteiger partial charge on any atom is -0.355 e.